The van der Waals surface area contributed by atoms with Crippen LogP contribution < -0.4 is 10.5 Å². The van der Waals surface area contributed by atoms with Crippen molar-refractivity contribution in [1.82, 2.24) is 4.98 Å². The second kappa shape index (κ2) is 7.40. The predicted octanol–water partition coefficient (Wildman–Crippen LogP) is 4.01. The molecule has 144 valence electrons. The molecule has 0 saturated carbocycles. The molecule has 5 heteroatoms. The van der Waals surface area contributed by atoms with E-state index in [4.69, 9.17) is 0 Å². The number of aromatic nitrogens is 1. The van der Waals surface area contributed by atoms with Gasteiger partial charge in [0.05, 0.1) is 12.2 Å². The van der Waals surface area contributed by atoms with Gasteiger partial charge in [-0.25, -0.2) is 0 Å². The van der Waals surface area contributed by atoms with Crippen LogP contribution in [0.25, 0.3) is 11.1 Å². The van der Waals surface area contributed by atoms with E-state index in [9.17, 15) is 14.9 Å². The maximum Gasteiger partial charge on any atom is 0.266 e. The minimum absolute atomic E-state index is 0.0236. The number of pyridine rings is 1. The van der Waals surface area contributed by atoms with Gasteiger partial charge in [0.1, 0.15) is 11.6 Å². The molecule has 5 nitrogen and oxygen atoms in total. The Balaban J connectivity index is 1.63. The van der Waals surface area contributed by atoms with E-state index >= 15 is 0 Å². The normalized spacial score (nSPS) is 12.1. The van der Waals surface area contributed by atoms with Crippen molar-refractivity contribution in [2.45, 2.75) is 33.2 Å². The molecule has 1 aliphatic rings. The van der Waals surface area contributed by atoms with Crippen molar-refractivity contribution >= 4 is 11.6 Å². The highest BCUT2D eigenvalue weighted by molar-refractivity contribution is 6.00. The molecule has 0 saturated heterocycles. The van der Waals surface area contributed by atoms with Gasteiger partial charge in [-0.2, -0.15) is 5.26 Å². The molecule has 1 amide bonds. The first kappa shape index (κ1) is 18.7. The minimum atomic E-state index is -0.376. The molecular formula is C24H21N3O2. The first-order valence-corrected chi connectivity index (χ1v) is 9.61. The van der Waals surface area contributed by atoms with Crippen LogP contribution in [0.5, 0.6) is 0 Å². The summed E-state index contributed by atoms with van der Waals surface area (Å²) in [4.78, 5) is 29.7. The quantitative estimate of drug-likeness (QED) is 0.742. The van der Waals surface area contributed by atoms with Gasteiger partial charge in [0.15, 0.2) is 0 Å². The molecule has 0 fully saturated rings. The van der Waals surface area contributed by atoms with Crippen molar-refractivity contribution in [3.8, 4) is 17.2 Å². The zero-order valence-electron chi connectivity index (χ0n) is 16.5. The number of aryl methyl sites for hydroxylation is 1. The van der Waals surface area contributed by atoms with Gasteiger partial charge in [0.25, 0.3) is 5.56 Å². The molecule has 1 aromatic heterocycles. The number of hydrogen-bond donors (Lipinski definition) is 1. The van der Waals surface area contributed by atoms with Gasteiger partial charge < -0.3 is 9.88 Å². The fraction of sp³-hybridized carbons (Fsp3) is 0.208. The standard InChI is InChI=1S/C24H21N3O2/c1-15-18(16(2)26-24(29)21(15)13-25)11-12-23(28)27-14-17-7-3-4-8-19(17)20-9-5-6-10-22(20)27/h3-10H,11-12,14H2,1-2H3,(H,26,29). The van der Waals surface area contributed by atoms with E-state index < -0.39 is 0 Å². The van der Waals surface area contributed by atoms with Crippen LogP contribution in [0.3, 0.4) is 0 Å². The summed E-state index contributed by atoms with van der Waals surface area (Å²) >= 11 is 0. The van der Waals surface area contributed by atoms with Gasteiger partial charge in [-0.05, 0) is 48.6 Å². The fourth-order valence-corrected chi connectivity index (χ4v) is 4.12. The minimum Gasteiger partial charge on any atom is -0.325 e. The highest BCUT2D eigenvalue weighted by Gasteiger charge is 2.26. The Hall–Kier alpha value is -3.65. The predicted molar refractivity (Wildman–Crippen MR) is 113 cm³/mol. The Bertz CT molecular complexity index is 1220. The molecule has 1 aliphatic heterocycles. The van der Waals surface area contributed by atoms with Crippen LogP contribution in [0, 0.1) is 25.2 Å². The number of fused-ring (bicyclic) bond motifs is 3. The van der Waals surface area contributed by atoms with Crippen LogP contribution in [0.2, 0.25) is 0 Å². The number of carbonyl (C=O) groups excluding carboxylic acids is 1. The molecule has 0 bridgehead atoms. The Kier molecular flexibility index (Phi) is 4.77. The number of aromatic amines is 1. The summed E-state index contributed by atoms with van der Waals surface area (Å²) in [7, 11) is 0. The van der Waals surface area contributed by atoms with Crippen LogP contribution >= 0.6 is 0 Å². The van der Waals surface area contributed by atoms with Crippen LogP contribution in [0.15, 0.2) is 53.3 Å². The van der Waals surface area contributed by atoms with Crippen LogP contribution in [-0.2, 0) is 17.8 Å². The number of benzene rings is 2. The molecule has 0 radical (unpaired) electrons. The number of hydrogen-bond acceptors (Lipinski definition) is 3. The molecule has 0 unspecified atom stereocenters. The number of para-hydroxylation sites is 1. The van der Waals surface area contributed by atoms with Crippen molar-refractivity contribution in [1.29, 1.82) is 5.26 Å². The number of nitrogens with zero attached hydrogens (tertiary/aromatic N) is 2. The van der Waals surface area contributed by atoms with Crippen LogP contribution in [-0.4, -0.2) is 10.9 Å². The fourth-order valence-electron chi connectivity index (χ4n) is 4.12. The van der Waals surface area contributed by atoms with E-state index in [1.54, 1.807) is 6.92 Å². The topological polar surface area (TPSA) is 77.0 Å². The molecule has 0 aliphatic carbocycles. The molecule has 2 heterocycles. The van der Waals surface area contributed by atoms with E-state index in [0.29, 0.717) is 30.6 Å². The Labute approximate surface area is 169 Å². The molecule has 1 N–H and O–H groups in total. The highest BCUT2D eigenvalue weighted by atomic mass is 16.2. The largest absolute Gasteiger partial charge is 0.325 e. The second-order valence-corrected chi connectivity index (χ2v) is 7.32. The number of amides is 1. The monoisotopic (exact) mass is 383 g/mol. The van der Waals surface area contributed by atoms with Crippen LogP contribution in [0.4, 0.5) is 5.69 Å². The van der Waals surface area contributed by atoms with E-state index in [1.807, 2.05) is 54.3 Å². The lowest BCUT2D eigenvalue weighted by Gasteiger charge is -2.31. The van der Waals surface area contributed by atoms with Gasteiger partial charge in [-0.1, -0.05) is 42.5 Å². The maximum absolute atomic E-state index is 13.2. The van der Waals surface area contributed by atoms with Gasteiger partial charge in [0.2, 0.25) is 5.91 Å². The summed E-state index contributed by atoms with van der Waals surface area (Å²) in [5.41, 5.74) is 6.25. The molecular weight excluding hydrogens is 362 g/mol. The third-order valence-electron chi connectivity index (χ3n) is 5.64. The summed E-state index contributed by atoms with van der Waals surface area (Å²) in [6, 6.07) is 18.1. The SMILES string of the molecule is Cc1[nH]c(=O)c(C#N)c(C)c1CCC(=O)N1Cc2ccccc2-c2ccccc21. The summed E-state index contributed by atoms with van der Waals surface area (Å²) in [6.07, 6.45) is 0.775. The van der Waals surface area contributed by atoms with Gasteiger partial charge in [0, 0.05) is 17.7 Å². The Morgan fingerprint density at radius 1 is 1.10 bits per heavy atom. The van der Waals surface area contributed by atoms with Crippen molar-refractivity contribution in [2.24, 2.45) is 0 Å². The Morgan fingerprint density at radius 3 is 2.55 bits per heavy atom. The summed E-state index contributed by atoms with van der Waals surface area (Å²) in [6.45, 7) is 4.12. The van der Waals surface area contributed by atoms with Crippen molar-refractivity contribution in [2.75, 3.05) is 4.90 Å². The number of rotatable bonds is 3. The number of anilines is 1. The lowest BCUT2D eigenvalue weighted by atomic mass is 9.93. The van der Waals surface area contributed by atoms with E-state index in [1.165, 1.54) is 0 Å². The first-order chi connectivity index (χ1) is 14.0. The first-order valence-electron chi connectivity index (χ1n) is 9.61. The van der Waals surface area contributed by atoms with Gasteiger partial charge in [-0.15, -0.1) is 0 Å². The second-order valence-electron chi connectivity index (χ2n) is 7.32. The molecule has 3 aromatic rings. The Morgan fingerprint density at radius 2 is 1.79 bits per heavy atom. The highest BCUT2D eigenvalue weighted by Crippen LogP contribution is 2.39. The zero-order valence-corrected chi connectivity index (χ0v) is 16.5. The number of nitrogens with one attached hydrogen (secondary N) is 1. The number of carbonyl (C=O) groups is 1. The molecule has 29 heavy (non-hydrogen) atoms. The molecule has 2 aromatic carbocycles. The van der Waals surface area contributed by atoms with Gasteiger partial charge >= 0.3 is 0 Å². The smallest absolute Gasteiger partial charge is 0.266 e. The third-order valence-corrected chi connectivity index (χ3v) is 5.64. The van der Waals surface area contributed by atoms with Crippen molar-refractivity contribution < 1.29 is 4.79 Å². The van der Waals surface area contributed by atoms with Crippen LogP contribution in [0.1, 0.15) is 34.4 Å². The molecule has 4 rings (SSSR count). The number of nitriles is 1. The van der Waals surface area contributed by atoms with Crippen molar-refractivity contribution in [3.05, 3.63) is 86.8 Å². The lowest BCUT2D eigenvalue weighted by Crippen LogP contribution is -2.33. The summed E-state index contributed by atoms with van der Waals surface area (Å²) < 4.78 is 0. The molecule has 0 atom stereocenters. The molecule has 0 spiro atoms. The van der Waals surface area contributed by atoms with E-state index in [0.717, 1.165) is 27.9 Å². The zero-order chi connectivity index (χ0) is 20.5. The maximum atomic E-state index is 13.2. The number of H-pyrrole nitrogens is 1. The average molecular weight is 383 g/mol. The average Bonchev–Trinajstić information content (AvgIpc) is 2.73. The lowest BCUT2D eigenvalue weighted by molar-refractivity contribution is -0.118. The van der Waals surface area contributed by atoms with Gasteiger partial charge in [-0.3, -0.25) is 9.59 Å². The van der Waals surface area contributed by atoms with E-state index in [-0.39, 0.29) is 17.0 Å². The third kappa shape index (κ3) is 3.23. The van der Waals surface area contributed by atoms with Crippen molar-refractivity contribution in [3.63, 3.8) is 0 Å². The van der Waals surface area contributed by atoms with E-state index in [2.05, 4.69) is 17.1 Å². The summed E-state index contributed by atoms with van der Waals surface area (Å²) in [5.74, 6) is 0.0236. The summed E-state index contributed by atoms with van der Waals surface area (Å²) in [5, 5.41) is 9.25.